The van der Waals surface area contributed by atoms with E-state index in [4.69, 9.17) is 9.97 Å². The molecule has 1 aromatic heterocycles. The van der Waals surface area contributed by atoms with E-state index in [0.717, 1.165) is 30.4 Å². The van der Waals surface area contributed by atoms with Gasteiger partial charge in [0.15, 0.2) is 0 Å². The molecule has 0 atom stereocenters. The van der Waals surface area contributed by atoms with E-state index in [1.807, 2.05) is 0 Å². The van der Waals surface area contributed by atoms with Crippen LogP contribution in [0.4, 0.5) is 11.8 Å². The summed E-state index contributed by atoms with van der Waals surface area (Å²) in [6.45, 7) is 9.93. The van der Waals surface area contributed by atoms with Gasteiger partial charge in [-0.2, -0.15) is 4.98 Å². The normalized spacial score (nSPS) is 19.0. The lowest BCUT2D eigenvalue weighted by atomic mass is 9.85. The van der Waals surface area contributed by atoms with Crippen LogP contribution in [0.3, 0.4) is 0 Å². The fourth-order valence-electron chi connectivity index (χ4n) is 3.58. The molecule has 0 saturated heterocycles. The Morgan fingerprint density at radius 1 is 1.12 bits per heavy atom. The van der Waals surface area contributed by atoms with Gasteiger partial charge in [0.05, 0.1) is 5.69 Å². The van der Waals surface area contributed by atoms with Gasteiger partial charge in [-0.3, -0.25) is 0 Å². The number of anilines is 2. The summed E-state index contributed by atoms with van der Waals surface area (Å²) < 4.78 is 0. The summed E-state index contributed by atoms with van der Waals surface area (Å²) in [5.41, 5.74) is 4.01. The molecule has 2 heterocycles. The van der Waals surface area contributed by atoms with Crippen molar-refractivity contribution in [3.8, 4) is 0 Å². The van der Waals surface area contributed by atoms with Gasteiger partial charge in [-0.05, 0) is 50.2 Å². The van der Waals surface area contributed by atoms with Crippen LogP contribution in [-0.2, 0) is 13.0 Å². The van der Waals surface area contributed by atoms with Gasteiger partial charge in [0, 0.05) is 24.2 Å². The number of aromatic nitrogens is 2. The third kappa shape index (κ3) is 3.35. The van der Waals surface area contributed by atoms with Crippen LogP contribution in [0.1, 0.15) is 63.3 Å². The standard InChI is InChI=1S/C21H28N4/c1-14(2)18-11-19(24-20(23-18)22-17-9-10-17)25-13-16-8-6-5-7-15(16)12-21(25,3)4/h5-8,11,14,17H,9-10,12-13H2,1-4H3,(H,22,23,24). The van der Waals surface area contributed by atoms with E-state index in [1.165, 1.54) is 24.0 Å². The number of benzene rings is 1. The van der Waals surface area contributed by atoms with Crippen LogP contribution < -0.4 is 10.2 Å². The van der Waals surface area contributed by atoms with E-state index < -0.39 is 0 Å². The molecular weight excluding hydrogens is 308 g/mol. The Hall–Kier alpha value is -2.10. The topological polar surface area (TPSA) is 41.1 Å². The fraction of sp³-hybridized carbons (Fsp3) is 0.524. The predicted molar refractivity (Wildman–Crippen MR) is 103 cm³/mol. The van der Waals surface area contributed by atoms with Crippen molar-refractivity contribution in [2.24, 2.45) is 0 Å². The Morgan fingerprint density at radius 3 is 2.52 bits per heavy atom. The van der Waals surface area contributed by atoms with Crippen molar-refractivity contribution in [2.45, 2.75) is 71.0 Å². The lowest BCUT2D eigenvalue weighted by Crippen LogP contribution is -2.49. The molecule has 4 nitrogen and oxygen atoms in total. The van der Waals surface area contributed by atoms with Crippen molar-refractivity contribution in [2.75, 3.05) is 10.2 Å². The molecule has 0 amide bonds. The summed E-state index contributed by atoms with van der Waals surface area (Å²) in [5, 5.41) is 3.49. The van der Waals surface area contributed by atoms with Crippen LogP contribution in [0.15, 0.2) is 30.3 Å². The maximum atomic E-state index is 4.89. The molecule has 132 valence electrons. The van der Waals surface area contributed by atoms with E-state index >= 15 is 0 Å². The van der Waals surface area contributed by atoms with E-state index in [1.54, 1.807) is 0 Å². The second-order valence-corrected chi connectivity index (χ2v) is 8.39. The summed E-state index contributed by atoms with van der Waals surface area (Å²) in [5.74, 6) is 2.22. The van der Waals surface area contributed by atoms with Gasteiger partial charge in [-0.1, -0.05) is 38.1 Å². The van der Waals surface area contributed by atoms with E-state index in [2.05, 4.69) is 68.2 Å². The molecule has 1 aliphatic carbocycles. The highest BCUT2D eigenvalue weighted by Gasteiger charge is 2.34. The molecule has 1 aromatic carbocycles. The van der Waals surface area contributed by atoms with Crippen molar-refractivity contribution in [1.82, 2.24) is 9.97 Å². The first kappa shape index (κ1) is 16.4. The quantitative estimate of drug-likeness (QED) is 0.891. The molecule has 4 heteroatoms. The Balaban J connectivity index is 1.73. The van der Waals surface area contributed by atoms with Crippen molar-refractivity contribution in [3.05, 3.63) is 47.2 Å². The minimum Gasteiger partial charge on any atom is -0.351 e. The van der Waals surface area contributed by atoms with Gasteiger partial charge in [0.25, 0.3) is 0 Å². The van der Waals surface area contributed by atoms with Crippen LogP contribution in [-0.4, -0.2) is 21.5 Å². The maximum absolute atomic E-state index is 4.89. The van der Waals surface area contributed by atoms with Crippen molar-refractivity contribution < 1.29 is 0 Å². The number of hydrogen-bond acceptors (Lipinski definition) is 4. The lowest BCUT2D eigenvalue weighted by molar-refractivity contribution is 0.427. The highest BCUT2D eigenvalue weighted by molar-refractivity contribution is 5.52. The molecule has 0 spiro atoms. The number of nitrogens with one attached hydrogen (secondary N) is 1. The van der Waals surface area contributed by atoms with Crippen LogP contribution >= 0.6 is 0 Å². The minimum atomic E-state index is 0.0355. The second kappa shape index (κ2) is 6.01. The molecule has 1 saturated carbocycles. The van der Waals surface area contributed by atoms with Gasteiger partial charge in [0.1, 0.15) is 5.82 Å². The molecular formula is C21H28N4. The zero-order chi connectivity index (χ0) is 17.6. The number of fused-ring (bicyclic) bond motifs is 1. The monoisotopic (exact) mass is 336 g/mol. The molecule has 0 radical (unpaired) electrons. The van der Waals surface area contributed by atoms with Crippen LogP contribution in [0.2, 0.25) is 0 Å². The first-order valence-corrected chi connectivity index (χ1v) is 9.42. The first-order valence-electron chi connectivity index (χ1n) is 9.42. The Kier molecular flexibility index (Phi) is 3.94. The zero-order valence-corrected chi connectivity index (χ0v) is 15.7. The molecule has 25 heavy (non-hydrogen) atoms. The molecule has 1 aliphatic heterocycles. The third-order valence-corrected chi connectivity index (χ3v) is 5.31. The van der Waals surface area contributed by atoms with E-state index in [0.29, 0.717) is 12.0 Å². The van der Waals surface area contributed by atoms with E-state index in [-0.39, 0.29) is 5.54 Å². The highest BCUT2D eigenvalue weighted by atomic mass is 15.3. The molecule has 1 fully saturated rings. The summed E-state index contributed by atoms with van der Waals surface area (Å²) >= 11 is 0. The molecule has 4 rings (SSSR count). The average Bonchev–Trinajstić information content (AvgIpc) is 3.37. The largest absolute Gasteiger partial charge is 0.351 e. The Bertz CT molecular complexity index is 777. The zero-order valence-electron chi connectivity index (χ0n) is 15.7. The van der Waals surface area contributed by atoms with Crippen LogP contribution in [0.5, 0.6) is 0 Å². The highest BCUT2D eigenvalue weighted by Crippen LogP contribution is 2.35. The summed E-state index contributed by atoms with van der Waals surface area (Å²) in [4.78, 5) is 12.1. The second-order valence-electron chi connectivity index (χ2n) is 8.39. The maximum Gasteiger partial charge on any atom is 0.225 e. The minimum absolute atomic E-state index is 0.0355. The van der Waals surface area contributed by atoms with Gasteiger partial charge in [-0.15, -0.1) is 0 Å². The summed E-state index contributed by atoms with van der Waals surface area (Å²) in [7, 11) is 0. The average molecular weight is 336 g/mol. The lowest BCUT2D eigenvalue weighted by Gasteiger charge is -2.44. The SMILES string of the molecule is CC(C)c1cc(N2Cc3ccccc3CC2(C)C)nc(NC2CC2)n1. The smallest absolute Gasteiger partial charge is 0.225 e. The predicted octanol–water partition coefficient (Wildman–Crippen LogP) is 4.52. The van der Waals surface area contributed by atoms with Crippen molar-refractivity contribution >= 4 is 11.8 Å². The third-order valence-electron chi connectivity index (χ3n) is 5.31. The molecule has 0 unspecified atom stereocenters. The molecule has 0 bridgehead atoms. The number of hydrogen-bond donors (Lipinski definition) is 1. The first-order chi connectivity index (χ1) is 11.9. The van der Waals surface area contributed by atoms with Gasteiger partial charge < -0.3 is 10.2 Å². The molecule has 1 N–H and O–H groups in total. The summed E-state index contributed by atoms with van der Waals surface area (Å²) in [6, 6.07) is 11.5. The van der Waals surface area contributed by atoms with Crippen molar-refractivity contribution in [1.29, 1.82) is 0 Å². The molecule has 2 aliphatic rings. The van der Waals surface area contributed by atoms with Crippen LogP contribution in [0, 0.1) is 0 Å². The van der Waals surface area contributed by atoms with Gasteiger partial charge >= 0.3 is 0 Å². The number of nitrogens with zero attached hydrogens (tertiary/aromatic N) is 3. The van der Waals surface area contributed by atoms with E-state index in [9.17, 15) is 0 Å². The van der Waals surface area contributed by atoms with Crippen LogP contribution in [0.25, 0.3) is 0 Å². The Morgan fingerprint density at radius 2 is 1.84 bits per heavy atom. The van der Waals surface area contributed by atoms with Crippen molar-refractivity contribution in [3.63, 3.8) is 0 Å². The number of rotatable bonds is 4. The van der Waals surface area contributed by atoms with Gasteiger partial charge in [0.2, 0.25) is 5.95 Å². The van der Waals surface area contributed by atoms with Gasteiger partial charge in [-0.25, -0.2) is 4.98 Å². The molecule has 2 aromatic rings. The fourth-order valence-corrected chi connectivity index (χ4v) is 3.58. The summed E-state index contributed by atoms with van der Waals surface area (Å²) in [6.07, 6.45) is 3.50. The Labute approximate surface area is 150 Å².